The molecule has 0 aromatic heterocycles. The van der Waals surface area contributed by atoms with Crippen LogP contribution in [-0.2, 0) is 0 Å². The van der Waals surface area contributed by atoms with E-state index < -0.39 is 0 Å². The summed E-state index contributed by atoms with van der Waals surface area (Å²) in [6.07, 6.45) is 1.88. The van der Waals surface area contributed by atoms with Crippen molar-refractivity contribution in [2.45, 2.75) is 40.7 Å². The number of hydrogen-bond acceptors (Lipinski definition) is 4. The molecule has 24 heavy (non-hydrogen) atoms. The van der Waals surface area contributed by atoms with E-state index in [0.717, 1.165) is 22.7 Å². The van der Waals surface area contributed by atoms with Crippen molar-refractivity contribution in [1.29, 1.82) is 0 Å². The minimum absolute atomic E-state index is 0.107. The van der Waals surface area contributed by atoms with E-state index in [1.807, 2.05) is 45.0 Å². The molecule has 0 aliphatic rings. The average molecular weight is 326 g/mol. The van der Waals surface area contributed by atoms with Gasteiger partial charge in [-0.15, -0.1) is 0 Å². The van der Waals surface area contributed by atoms with Crippen LogP contribution in [0.3, 0.4) is 0 Å². The molecule has 2 aromatic rings. The predicted molar refractivity (Wildman–Crippen MR) is 101 cm³/mol. The summed E-state index contributed by atoms with van der Waals surface area (Å²) in [6.45, 7) is 10.7. The second kappa shape index (κ2) is 8.39. The number of hydrogen-bond donors (Lipinski definition) is 1. The Hall–Kier alpha value is -2.49. The first-order valence-corrected chi connectivity index (χ1v) is 8.29. The first-order valence-electron chi connectivity index (χ1n) is 8.29. The third-order valence-corrected chi connectivity index (χ3v) is 3.54. The maximum absolute atomic E-state index is 5.77. The van der Waals surface area contributed by atoms with Gasteiger partial charge in [-0.25, -0.2) is 0 Å². The van der Waals surface area contributed by atoms with Crippen molar-refractivity contribution in [1.82, 2.24) is 0 Å². The largest absolute Gasteiger partial charge is 0.490 e. The Balaban J connectivity index is 2.10. The maximum atomic E-state index is 5.77. The number of aryl methyl sites for hydroxylation is 2. The van der Waals surface area contributed by atoms with Crippen LogP contribution in [-0.4, -0.2) is 18.9 Å². The van der Waals surface area contributed by atoms with Gasteiger partial charge >= 0.3 is 0 Å². The van der Waals surface area contributed by atoms with E-state index in [4.69, 9.17) is 9.47 Å². The van der Waals surface area contributed by atoms with Crippen LogP contribution >= 0.6 is 0 Å². The first kappa shape index (κ1) is 17.9. The standard InChI is InChI=1S/C20H26N2O2/c1-6-23-20-12-17(8-10-19(20)24-14(2)3)13-21-22-18-9-7-15(4)16(5)11-18/h7-14,22H,6H2,1-5H3/b21-13+. The average Bonchev–Trinajstić information content (AvgIpc) is 2.53. The van der Waals surface area contributed by atoms with Gasteiger partial charge in [0.1, 0.15) is 0 Å². The highest BCUT2D eigenvalue weighted by molar-refractivity contribution is 5.81. The molecule has 0 aliphatic carbocycles. The molecular formula is C20H26N2O2. The lowest BCUT2D eigenvalue weighted by Gasteiger charge is -2.14. The third kappa shape index (κ3) is 5.01. The molecule has 4 nitrogen and oxygen atoms in total. The number of rotatable bonds is 7. The van der Waals surface area contributed by atoms with Crippen LogP contribution in [0.15, 0.2) is 41.5 Å². The van der Waals surface area contributed by atoms with Gasteiger partial charge < -0.3 is 9.47 Å². The van der Waals surface area contributed by atoms with Crippen molar-refractivity contribution in [3.63, 3.8) is 0 Å². The van der Waals surface area contributed by atoms with Gasteiger partial charge in [-0.3, -0.25) is 5.43 Å². The number of benzene rings is 2. The second-order valence-electron chi connectivity index (χ2n) is 5.97. The number of nitrogens with zero attached hydrogens (tertiary/aromatic N) is 1. The summed E-state index contributed by atoms with van der Waals surface area (Å²) in [5, 5.41) is 4.30. The first-order chi connectivity index (χ1) is 11.5. The molecule has 0 fully saturated rings. The van der Waals surface area contributed by atoms with Crippen LogP contribution in [0.4, 0.5) is 5.69 Å². The Morgan fingerprint density at radius 1 is 1.04 bits per heavy atom. The molecule has 0 saturated heterocycles. The van der Waals surface area contributed by atoms with Crippen LogP contribution in [0.2, 0.25) is 0 Å². The zero-order valence-corrected chi connectivity index (χ0v) is 15.1. The predicted octanol–water partition coefficient (Wildman–Crippen LogP) is 4.94. The Bertz CT molecular complexity index is 709. The molecular weight excluding hydrogens is 300 g/mol. The van der Waals surface area contributed by atoms with Gasteiger partial charge in [-0.05, 0) is 81.6 Å². The summed E-state index contributed by atoms with van der Waals surface area (Å²) in [4.78, 5) is 0. The van der Waals surface area contributed by atoms with Gasteiger partial charge in [0, 0.05) is 0 Å². The lowest BCUT2D eigenvalue weighted by molar-refractivity contribution is 0.224. The van der Waals surface area contributed by atoms with E-state index in [-0.39, 0.29) is 6.10 Å². The van der Waals surface area contributed by atoms with E-state index in [9.17, 15) is 0 Å². The molecule has 0 spiro atoms. The molecule has 1 N–H and O–H groups in total. The fourth-order valence-corrected chi connectivity index (χ4v) is 2.22. The van der Waals surface area contributed by atoms with E-state index in [1.54, 1.807) is 6.21 Å². The van der Waals surface area contributed by atoms with Crippen molar-refractivity contribution >= 4 is 11.9 Å². The molecule has 128 valence electrons. The second-order valence-corrected chi connectivity index (χ2v) is 5.97. The maximum Gasteiger partial charge on any atom is 0.161 e. The minimum atomic E-state index is 0.107. The molecule has 0 saturated carbocycles. The molecule has 2 aromatic carbocycles. The van der Waals surface area contributed by atoms with E-state index in [2.05, 4.69) is 36.5 Å². The van der Waals surface area contributed by atoms with Crippen molar-refractivity contribution < 1.29 is 9.47 Å². The van der Waals surface area contributed by atoms with Crippen molar-refractivity contribution in [3.8, 4) is 11.5 Å². The van der Waals surface area contributed by atoms with E-state index in [1.165, 1.54) is 11.1 Å². The third-order valence-electron chi connectivity index (χ3n) is 3.54. The molecule has 0 unspecified atom stereocenters. The van der Waals surface area contributed by atoms with E-state index in [0.29, 0.717) is 6.61 Å². The van der Waals surface area contributed by atoms with Crippen LogP contribution in [0.5, 0.6) is 11.5 Å². The molecule has 2 rings (SSSR count). The molecule has 0 aliphatic heterocycles. The van der Waals surface area contributed by atoms with Crippen LogP contribution in [0.1, 0.15) is 37.5 Å². The monoisotopic (exact) mass is 326 g/mol. The van der Waals surface area contributed by atoms with Crippen molar-refractivity contribution in [2.75, 3.05) is 12.0 Å². The van der Waals surface area contributed by atoms with Crippen LogP contribution < -0.4 is 14.9 Å². The van der Waals surface area contributed by atoms with Crippen LogP contribution in [0, 0.1) is 13.8 Å². The van der Waals surface area contributed by atoms with E-state index >= 15 is 0 Å². The topological polar surface area (TPSA) is 42.8 Å². The Morgan fingerprint density at radius 3 is 2.50 bits per heavy atom. The molecule has 0 bridgehead atoms. The fraction of sp³-hybridized carbons (Fsp3) is 0.350. The highest BCUT2D eigenvalue weighted by atomic mass is 16.5. The summed E-state index contributed by atoms with van der Waals surface area (Å²) in [5.74, 6) is 1.49. The number of ether oxygens (including phenoxy) is 2. The summed E-state index contributed by atoms with van der Waals surface area (Å²) in [5.41, 5.74) is 7.49. The van der Waals surface area contributed by atoms with Crippen molar-refractivity contribution in [2.24, 2.45) is 5.10 Å². The smallest absolute Gasteiger partial charge is 0.161 e. The Morgan fingerprint density at radius 2 is 1.83 bits per heavy atom. The zero-order chi connectivity index (χ0) is 17.5. The van der Waals surface area contributed by atoms with Crippen molar-refractivity contribution in [3.05, 3.63) is 53.1 Å². The number of hydrazone groups is 1. The normalized spacial score (nSPS) is 11.1. The van der Waals surface area contributed by atoms with Gasteiger partial charge in [-0.1, -0.05) is 6.07 Å². The quantitative estimate of drug-likeness (QED) is 0.579. The highest BCUT2D eigenvalue weighted by Gasteiger charge is 2.07. The highest BCUT2D eigenvalue weighted by Crippen LogP contribution is 2.29. The fourth-order valence-electron chi connectivity index (χ4n) is 2.22. The Labute approximate surface area is 144 Å². The summed E-state index contributed by atoms with van der Waals surface area (Å²) >= 11 is 0. The van der Waals surface area contributed by atoms with Gasteiger partial charge in [0.2, 0.25) is 0 Å². The molecule has 0 amide bonds. The number of anilines is 1. The number of nitrogens with one attached hydrogen (secondary N) is 1. The lowest BCUT2D eigenvalue weighted by Crippen LogP contribution is -2.07. The zero-order valence-electron chi connectivity index (χ0n) is 15.1. The SMILES string of the molecule is CCOc1cc(/C=N/Nc2ccc(C)c(C)c2)ccc1OC(C)C. The van der Waals surface area contributed by atoms with Gasteiger partial charge in [0.15, 0.2) is 11.5 Å². The molecule has 0 atom stereocenters. The summed E-state index contributed by atoms with van der Waals surface area (Å²) in [7, 11) is 0. The molecule has 0 heterocycles. The summed E-state index contributed by atoms with van der Waals surface area (Å²) < 4.78 is 11.4. The summed E-state index contributed by atoms with van der Waals surface area (Å²) in [6, 6.07) is 12.0. The van der Waals surface area contributed by atoms with Gasteiger partial charge in [-0.2, -0.15) is 5.10 Å². The van der Waals surface area contributed by atoms with Crippen LogP contribution in [0.25, 0.3) is 0 Å². The van der Waals surface area contributed by atoms with Gasteiger partial charge in [0.25, 0.3) is 0 Å². The van der Waals surface area contributed by atoms with Gasteiger partial charge in [0.05, 0.1) is 24.6 Å². The molecule has 4 heteroatoms. The minimum Gasteiger partial charge on any atom is -0.490 e. The lowest BCUT2D eigenvalue weighted by atomic mass is 10.1. The Kier molecular flexibility index (Phi) is 6.24. The molecule has 0 radical (unpaired) electrons.